The first kappa shape index (κ1) is 11.3. The molecule has 0 amide bonds. The number of ether oxygens (including phenoxy) is 1. The first-order chi connectivity index (χ1) is 8.20. The van der Waals surface area contributed by atoms with Gasteiger partial charge in [0.15, 0.2) is 0 Å². The van der Waals surface area contributed by atoms with E-state index in [1.54, 1.807) is 6.08 Å². The Morgan fingerprint density at radius 3 is 3.06 bits per heavy atom. The van der Waals surface area contributed by atoms with Crippen LogP contribution < -0.4 is 4.74 Å². The van der Waals surface area contributed by atoms with E-state index >= 15 is 0 Å². The van der Waals surface area contributed by atoms with Gasteiger partial charge in [-0.25, -0.2) is 4.79 Å². The first-order valence-electron chi connectivity index (χ1n) is 5.40. The highest BCUT2D eigenvalue weighted by Crippen LogP contribution is 2.27. The van der Waals surface area contributed by atoms with Crippen LogP contribution in [-0.2, 0) is 4.79 Å². The molecule has 17 heavy (non-hydrogen) atoms. The molecule has 1 N–H and O–H groups in total. The molecule has 2 rings (SSSR count). The third kappa shape index (κ3) is 2.48. The summed E-state index contributed by atoms with van der Waals surface area (Å²) in [6.07, 6.45) is 2.43. The van der Waals surface area contributed by atoms with Gasteiger partial charge in [0.05, 0.1) is 5.57 Å². The summed E-state index contributed by atoms with van der Waals surface area (Å²) in [5.41, 5.74) is 1.91. The summed E-state index contributed by atoms with van der Waals surface area (Å²) in [6, 6.07) is 5.55. The van der Waals surface area contributed by atoms with Crippen molar-refractivity contribution in [1.82, 2.24) is 0 Å². The van der Waals surface area contributed by atoms with Gasteiger partial charge >= 0.3 is 5.97 Å². The topological polar surface area (TPSA) is 46.5 Å². The van der Waals surface area contributed by atoms with Gasteiger partial charge in [0.25, 0.3) is 0 Å². The average Bonchev–Trinajstić information content (AvgIpc) is 2.35. The van der Waals surface area contributed by atoms with Gasteiger partial charge in [-0.05, 0) is 24.3 Å². The minimum atomic E-state index is -0.944. The van der Waals surface area contributed by atoms with E-state index in [0.717, 1.165) is 17.5 Å². The molecule has 1 heterocycles. The molecule has 0 unspecified atom stereocenters. The molecule has 0 spiro atoms. The Balaban J connectivity index is 2.39. The van der Waals surface area contributed by atoms with Crippen LogP contribution in [0.1, 0.15) is 24.5 Å². The summed E-state index contributed by atoms with van der Waals surface area (Å²) < 4.78 is 5.36. The maximum absolute atomic E-state index is 10.8. The summed E-state index contributed by atoms with van der Waals surface area (Å²) in [4.78, 5) is 10.8. The fourth-order valence-corrected chi connectivity index (χ4v) is 1.57. The highest BCUT2D eigenvalue weighted by atomic mass is 16.5. The van der Waals surface area contributed by atoms with Crippen molar-refractivity contribution in [2.24, 2.45) is 0 Å². The van der Waals surface area contributed by atoms with Crippen LogP contribution in [0.15, 0.2) is 23.8 Å². The number of rotatable bonds is 1. The van der Waals surface area contributed by atoms with Crippen molar-refractivity contribution in [1.29, 1.82) is 0 Å². The molecule has 0 bridgehead atoms. The van der Waals surface area contributed by atoms with E-state index in [1.807, 2.05) is 25.1 Å². The lowest BCUT2D eigenvalue weighted by Crippen LogP contribution is -2.14. The Hall–Kier alpha value is -2.21. The van der Waals surface area contributed by atoms with Crippen LogP contribution >= 0.6 is 0 Å². The summed E-state index contributed by atoms with van der Waals surface area (Å²) in [6.45, 7) is 2.10. The van der Waals surface area contributed by atoms with Crippen LogP contribution in [0.25, 0.3) is 6.08 Å². The number of carboxylic acid groups (broad SMARTS) is 1. The van der Waals surface area contributed by atoms with E-state index in [0.29, 0.717) is 5.75 Å². The maximum atomic E-state index is 10.8. The second-order valence-electron chi connectivity index (χ2n) is 3.67. The number of hydrogen-bond donors (Lipinski definition) is 1. The van der Waals surface area contributed by atoms with Crippen molar-refractivity contribution < 1.29 is 14.6 Å². The molecule has 0 aromatic heterocycles. The van der Waals surface area contributed by atoms with Crippen molar-refractivity contribution in [2.45, 2.75) is 13.3 Å². The Morgan fingerprint density at radius 2 is 2.35 bits per heavy atom. The SMILES string of the molecule is CCC#Cc1ccc2c(c1)C=C(C(=O)O)CO2. The lowest BCUT2D eigenvalue weighted by Gasteiger charge is -2.15. The van der Waals surface area contributed by atoms with E-state index in [2.05, 4.69) is 11.8 Å². The molecule has 86 valence electrons. The summed E-state index contributed by atoms with van der Waals surface area (Å²) in [7, 11) is 0. The molecule has 1 aromatic carbocycles. The molecule has 1 aliphatic rings. The van der Waals surface area contributed by atoms with Crippen LogP contribution in [0.4, 0.5) is 0 Å². The third-order valence-electron chi connectivity index (χ3n) is 2.41. The number of hydrogen-bond acceptors (Lipinski definition) is 2. The van der Waals surface area contributed by atoms with Crippen molar-refractivity contribution in [3.05, 3.63) is 34.9 Å². The zero-order chi connectivity index (χ0) is 12.3. The van der Waals surface area contributed by atoms with Gasteiger partial charge in [-0.15, -0.1) is 0 Å². The van der Waals surface area contributed by atoms with E-state index in [-0.39, 0.29) is 12.2 Å². The quantitative estimate of drug-likeness (QED) is 0.750. The lowest BCUT2D eigenvalue weighted by atomic mass is 10.0. The fourth-order valence-electron chi connectivity index (χ4n) is 1.57. The van der Waals surface area contributed by atoms with Crippen LogP contribution in [0.3, 0.4) is 0 Å². The second kappa shape index (κ2) is 4.75. The predicted molar refractivity (Wildman–Crippen MR) is 64.7 cm³/mol. The Bertz CT molecular complexity index is 544. The molecule has 0 radical (unpaired) electrons. The highest BCUT2D eigenvalue weighted by molar-refractivity contribution is 5.93. The molecule has 0 saturated heterocycles. The standard InChI is InChI=1S/C14H12O3/c1-2-3-4-10-5-6-13-11(7-10)8-12(9-17-13)14(15)16/h5-8H,2,9H2,1H3,(H,15,16). The van der Waals surface area contributed by atoms with Crippen LogP contribution in [0.2, 0.25) is 0 Å². The average molecular weight is 228 g/mol. The molecular weight excluding hydrogens is 216 g/mol. The highest BCUT2D eigenvalue weighted by Gasteiger charge is 2.16. The Morgan fingerprint density at radius 1 is 1.53 bits per heavy atom. The summed E-state index contributed by atoms with van der Waals surface area (Å²) in [5, 5.41) is 8.90. The van der Waals surface area contributed by atoms with Gasteiger partial charge in [-0.3, -0.25) is 0 Å². The zero-order valence-corrected chi connectivity index (χ0v) is 9.49. The second-order valence-corrected chi connectivity index (χ2v) is 3.67. The number of carbonyl (C=O) groups is 1. The number of benzene rings is 1. The first-order valence-corrected chi connectivity index (χ1v) is 5.40. The monoisotopic (exact) mass is 228 g/mol. The van der Waals surface area contributed by atoms with Gasteiger partial charge in [0, 0.05) is 17.5 Å². The van der Waals surface area contributed by atoms with Gasteiger partial charge in [-0.2, -0.15) is 0 Å². The number of fused-ring (bicyclic) bond motifs is 1. The minimum absolute atomic E-state index is 0.113. The Kier molecular flexibility index (Phi) is 3.15. The molecule has 0 aliphatic carbocycles. The van der Waals surface area contributed by atoms with Crippen LogP contribution in [0, 0.1) is 11.8 Å². The van der Waals surface area contributed by atoms with E-state index in [1.165, 1.54) is 0 Å². The summed E-state index contributed by atoms with van der Waals surface area (Å²) in [5.74, 6) is 5.75. The third-order valence-corrected chi connectivity index (χ3v) is 2.41. The molecule has 0 fully saturated rings. The fraction of sp³-hybridized carbons (Fsp3) is 0.214. The van der Waals surface area contributed by atoms with Crippen LogP contribution in [0.5, 0.6) is 5.75 Å². The van der Waals surface area contributed by atoms with Crippen molar-refractivity contribution in [2.75, 3.05) is 6.61 Å². The van der Waals surface area contributed by atoms with Gasteiger partial charge in [-0.1, -0.05) is 18.8 Å². The smallest absolute Gasteiger partial charge is 0.335 e. The Labute approximate surface area is 99.7 Å². The molecule has 3 heteroatoms. The van der Waals surface area contributed by atoms with E-state index in [4.69, 9.17) is 9.84 Å². The summed E-state index contributed by atoms with van der Waals surface area (Å²) >= 11 is 0. The molecule has 0 atom stereocenters. The van der Waals surface area contributed by atoms with Crippen molar-refractivity contribution >= 4 is 12.0 Å². The van der Waals surface area contributed by atoms with Gasteiger partial charge in [0.2, 0.25) is 0 Å². The number of carboxylic acids is 1. The van der Waals surface area contributed by atoms with Crippen molar-refractivity contribution in [3.8, 4) is 17.6 Å². The lowest BCUT2D eigenvalue weighted by molar-refractivity contribution is -0.132. The zero-order valence-electron chi connectivity index (χ0n) is 9.49. The minimum Gasteiger partial charge on any atom is -0.488 e. The molecule has 1 aromatic rings. The van der Waals surface area contributed by atoms with E-state index in [9.17, 15) is 4.79 Å². The van der Waals surface area contributed by atoms with Gasteiger partial charge < -0.3 is 9.84 Å². The van der Waals surface area contributed by atoms with Gasteiger partial charge in [0.1, 0.15) is 12.4 Å². The molecular formula is C14H12O3. The largest absolute Gasteiger partial charge is 0.488 e. The molecule has 1 aliphatic heterocycles. The van der Waals surface area contributed by atoms with Crippen molar-refractivity contribution in [3.63, 3.8) is 0 Å². The van der Waals surface area contributed by atoms with E-state index < -0.39 is 5.97 Å². The molecule has 3 nitrogen and oxygen atoms in total. The molecule has 0 saturated carbocycles. The predicted octanol–water partition coefficient (Wildman–Crippen LogP) is 2.31. The maximum Gasteiger partial charge on any atom is 0.335 e. The van der Waals surface area contributed by atoms with Crippen LogP contribution in [-0.4, -0.2) is 17.7 Å². The normalized spacial score (nSPS) is 12.6. The number of aliphatic carboxylic acids is 1.